The number of carbonyl (C=O) groups is 1. The van der Waals surface area contributed by atoms with E-state index in [1.807, 2.05) is 6.92 Å². The number of rotatable bonds is 1. The predicted molar refractivity (Wildman–Crippen MR) is 114 cm³/mol. The summed E-state index contributed by atoms with van der Waals surface area (Å²) in [6.45, 7) is 8.96. The molecular formula is C26H42O3. The van der Waals surface area contributed by atoms with Crippen LogP contribution in [0.2, 0.25) is 0 Å². The lowest BCUT2D eigenvalue weighted by atomic mass is 9.40. The number of hydrogen-bond donors (Lipinski definition) is 2. The molecule has 0 aromatic rings. The number of hydrogen-bond acceptors (Lipinski definition) is 3. The van der Waals surface area contributed by atoms with Gasteiger partial charge in [0.15, 0.2) is 0 Å². The maximum atomic E-state index is 13.2. The van der Waals surface area contributed by atoms with E-state index in [-0.39, 0.29) is 28.3 Å². The number of aliphatic hydroxyl groups is 2. The lowest BCUT2D eigenvalue weighted by Gasteiger charge is -2.66. The van der Waals surface area contributed by atoms with Crippen LogP contribution in [0.5, 0.6) is 0 Å². The molecule has 3 nitrogen and oxygen atoms in total. The number of carbonyl (C=O) groups excluding carboxylic acids is 1. The second-order valence-corrected chi connectivity index (χ2v) is 12.4. The first-order valence-electron chi connectivity index (χ1n) is 12.5. The highest BCUT2D eigenvalue weighted by Crippen LogP contribution is 2.75. The fourth-order valence-electron chi connectivity index (χ4n) is 10.5. The van der Waals surface area contributed by atoms with Gasteiger partial charge in [-0.15, -0.1) is 0 Å². The van der Waals surface area contributed by atoms with Crippen molar-refractivity contribution in [2.24, 2.45) is 45.8 Å². The van der Waals surface area contributed by atoms with E-state index in [2.05, 4.69) is 20.8 Å². The van der Waals surface area contributed by atoms with Gasteiger partial charge in [0, 0.05) is 11.8 Å². The van der Waals surface area contributed by atoms with Gasteiger partial charge in [0.2, 0.25) is 0 Å². The highest BCUT2D eigenvalue weighted by molar-refractivity contribution is 5.84. The summed E-state index contributed by atoms with van der Waals surface area (Å²) in [5, 5.41) is 22.2. The Morgan fingerprint density at radius 1 is 0.931 bits per heavy atom. The highest BCUT2D eigenvalue weighted by atomic mass is 16.3. The molecule has 5 rings (SSSR count). The number of aliphatic hydroxyl groups excluding tert-OH is 1. The van der Waals surface area contributed by atoms with E-state index in [4.69, 9.17) is 0 Å². The van der Waals surface area contributed by atoms with Crippen LogP contribution in [0.25, 0.3) is 0 Å². The smallest absolute Gasteiger partial charge is 0.136 e. The molecule has 164 valence electrons. The van der Waals surface area contributed by atoms with E-state index in [1.54, 1.807) is 0 Å². The number of ketones is 1. The lowest BCUT2D eigenvalue weighted by molar-refractivity contribution is -0.246. The van der Waals surface area contributed by atoms with Gasteiger partial charge in [-0.05, 0) is 98.7 Å². The molecule has 7 unspecified atom stereocenters. The largest absolute Gasteiger partial charge is 0.393 e. The Hall–Kier alpha value is -0.410. The van der Waals surface area contributed by atoms with E-state index < -0.39 is 5.60 Å². The van der Waals surface area contributed by atoms with E-state index in [9.17, 15) is 15.0 Å². The van der Waals surface area contributed by atoms with Gasteiger partial charge in [-0.1, -0.05) is 33.6 Å². The second-order valence-electron chi connectivity index (χ2n) is 12.4. The summed E-state index contributed by atoms with van der Waals surface area (Å²) < 4.78 is 0. The minimum atomic E-state index is -0.733. The average Bonchev–Trinajstić information content (AvgIpc) is 2.95. The van der Waals surface area contributed by atoms with Crippen LogP contribution < -0.4 is 0 Å². The summed E-state index contributed by atoms with van der Waals surface area (Å²) in [5.74, 6) is 3.08. The van der Waals surface area contributed by atoms with Crippen molar-refractivity contribution in [3.63, 3.8) is 0 Å². The molecule has 10 atom stereocenters. The summed E-state index contributed by atoms with van der Waals surface area (Å²) in [4.78, 5) is 13.2. The third-order valence-corrected chi connectivity index (χ3v) is 11.9. The Kier molecular flexibility index (Phi) is 4.46. The quantitative estimate of drug-likeness (QED) is 0.639. The fraction of sp³-hybridized carbons (Fsp3) is 0.962. The molecule has 0 bridgehead atoms. The summed E-state index contributed by atoms with van der Waals surface area (Å²) in [5.41, 5.74) is -0.761. The van der Waals surface area contributed by atoms with Gasteiger partial charge >= 0.3 is 0 Å². The third-order valence-electron chi connectivity index (χ3n) is 11.9. The summed E-state index contributed by atoms with van der Waals surface area (Å²) in [6.07, 6.45) is 11.5. The molecule has 0 spiro atoms. The first-order valence-corrected chi connectivity index (χ1v) is 12.5. The van der Waals surface area contributed by atoms with E-state index >= 15 is 0 Å². The standard InChI is InChI=1S/C26H42O3/c1-16-13-20-21(24(4)11-8-19(28)15-26(16,24)29)9-12-23(3)22(20)14-18-7-5-6-10-25(18,23)17(2)27/h16,18-22,28-29H,5-15H2,1-4H3/t16?,18?,19?,20?,21?,22?,23-,24+,25?,26-/m0/s1. The van der Waals surface area contributed by atoms with Gasteiger partial charge in [-0.2, -0.15) is 0 Å². The van der Waals surface area contributed by atoms with Crippen molar-refractivity contribution in [1.29, 1.82) is 0 Å². The van der Waals surface area contributed by atoms with Crippen molar-refractivity contribution >= 4 is 5.78 Å². The molecule has 5 aliphatic carbocycles. The maximum absolute atomic E-state index is 13.2. The average molecular weight is 403 g/mol. The molecular weight excluding hydrogens is 360 g/mol. The molecule has 0 aromatic carbocycles. The molecule has 0 heterocycles. The Morgan fingerprint density at radius 2 is 1.66 bits per heavy atom. The predicted octanol–water partition coefficient (Wildman–Crippen LogP) is 5.13. The van der Waals surface area contributed by atoms with Crippen LogP contribution in [0.15, 0.2) is 0 Å². The molecule has 0 aromatic heterocycles. The zero-order chi connectivity index (χ0) is 20.8. The summed E-state index contributed by atoms with van der Waals surface area (Å²) in [6, 6.07) is 0. The van der Waals surface area contributed by atoms with Crippen LogP contribution in [-0.2, 0) is 4.79 Å². The third kappa shape index (κ3) is 2.30. The minimum Gasteiger partial charge on any atom is -0.393 e. The maximum Gasteiger partial charge on any atom is 0.136 e. The number of Topliss-reactive ketones (excluding diaryl/α,β-unsaturated/α-hetero) is 1. The lowest BCUT2D eigenvalue weighted by Crippen LogP contribution is -2.66. The molecule has 5 saturated carbocycles. The van der Waals surface area contributed by atoms with Gasteiger partial charge < -0.3 is 10.2 Å². The van der Waals surface area contributed by atoms with Crippen LogP contribution in [-0.4, -0.2) is 27.7 Å². The van der Waals surface area contributed by atoms with Crippen LogP contribution in [0.3, 0.4) is 0 Å². The summed E-state index contributed by atoms with van der Waals surface area (Å²) in [7, 11) is 0. The molecule has 2 N–H and O–H groups in total. The van der Waals surface area contributed by atoms with Gasteiger partial charge in [0.05, 0.1) is 11.7 Å². The van der Waals surface area contributed by atoms with Crippen molar-refractivity contribution in [2.75, 3.05) is 0 Å². The minimum absolute atomic E-state index is 0.0818. The molecule has 0 amide bonds. The highest BCUT2D eigenvalue weighted by Gasteiger charge is 2.71. The molecule has 0 aliphatic heterocycles. The van der Waals surface area contributed by atoms with Gasteiger partial charge in [-0.25, -0.2) is 0 Å². The Bertz CT molecular complexity index is 704. The van der Waals surface area contributed by atoms with Crippen molar-refractivity contribution in [3.05, 3.63) is 0 Å². The van der Waals surface area contributed by atoms with Crippen LogP contribution in [0.4, 0.5) is 0 Å². The molecule has 0 radical (unpaired) electrons. The van der Waals surface area contributed by atoms with Crippen molar-refractivity contribution in [2.45, 2.75) is 110 Å². The van der Waals surface area contributed by atoms with Crippen LogP contribution >= 0.6 is 0 Å². The molecule has 3 heteroatoms. The van der Waals surface area contributed by atoms with Gasteiger partial charge in [0.1, 0.15) is 5.78 Å². The normalized spacial score (nSPS) is 59.2. The van der Waals surface area contributed by atoms with Crippen molar-refractivity contribution < 1.29 is 15.0 Å². The molecule has 5 aliphatic rings. The van der Waals surface area contributed by atoms with Gasteiger partial charge in [-0.3, -0.25) is 4.79 Å². The molecule has 29 heavy (non-hydrogen) atoms. The Labute approximate surface area is 177 Å². The Morgan fingerprint density at radius 3 is 2.38 bits per heavy atom. The van der Waals surface area contributed by atoms with Gasteiger partial charge in [0.25, 0.3) is 0 Å². The fourth-order valence-corrected chi connectivity index (χ4v) is 10.5. The number of fused-ring (bicyclic) bond motifs is 7. The van der Waals surface area contributed by atoms with E-state index in [1.165, 1.54) is 25.7 Å². The van der Waals surface area contributed by atoms with Crippen molar-refractivity contribution in [1.82, 2.24) is 0 Å². The first-order chi connectivity index (χ1) is 13.6. The van der Waals surface area contributed by atoms with Crippen molar-refractivity contribution in [3.8, 4) is 0 Å². The molecule has 0 saturated heterocycles. The second kappa shape index (κ2) is 6.31. The van der Waals surface area contributed by atoms with E-state index in [0.717, 1.165) is 38.5 Å². The van der Waals surface area contributed by atoms with Crippen LogP contribution in [0, 0.1) is 45.8 Å². The Balaban J connectivity index is 1.55. The first kappa shape index (κ1) is 20.5. The topological polar surface area (TPSA) is 57.5 Å². The zero-order valence-electron chi connectivity index (χ0n) is 19.0. The molecule has 5 fully saturated rings. The zero-order valence-corrected chi connectivity index (χ0v) is 19.0. The summed E-state index contributed by atoms with van der Waals surface area (Å²) >= 11 is 0. The SMILES string of the molecule is CC(=O)C12CCCCC1CC1C3CC(C)[C@@]4(O)CC(O)CC[C@]4(C)C3CC[C@@]12C. The monoisotopic (exact) mass is 402 g/mol. The van der Waals surface area contributed by atoms with Crippen LogP contribution in [0.1, 0.15) is 98.3 Å². The van der Waals surface area contributed by atoms with E-state index in [0.29, 0.717) is 35.9 Å².